The Kier molecular flexibility index (Phi) is 7.47. The van der Waals surface area contributed by atoms with Crippen LogP contribution in [0.15, 0.2) is 54.9 Å². The van der Waals surface area contributed by atoms with Gasteiger partial charge in [-0.25, -0.2) is 15.0 Å². The molecule has 0 saturated heterocycles. The summed E-state index contributed by atoms with van der Waals surface area (Å²) in [6.07, 6.45) is 11.2. The zero-order chi connectivity index (χ0) is 28.3. The van der Waals surface area contributed by atoms with Crippen molar-refractivity contribution in [3.8, 4) is 11.3 Å². The lowest BCUT2D eigenvalue weighted by Gasteiger charge is -2.14. The minimum absolute atomic E-state index is 0.0196. The van der Waals surface area contributed by atoms with E-state index in [0.717, 1.165) is 47.4 Å². The SMILES string of the molecule is Cc1ccnc(NC(=O)c2ccc(-c3nc4n5c(cnc(N)c35)/C=C/CCOCCC(=O)NC3CC[C@@H]4C3)cc2)c1. The number of fused-ring (bicyclic) bond motifs is 3. The zero-order valence-corrected chi connectivity index (χ0v) is 23.0. The fraction of sp³-hybridized carbons (Fsp3) is 0.323. The van der Waals surface area contributed by atoms with Crippen LogP contribution in [0, 0.1) is 6.92 Å². The quantitative estimate of drug-likeness (QED) is 0.341. The summed E-state index contributed by atoms with van der Waals surface area (Å²) in [4.78, 5) is 39.2. The van der Waals surface area contributed by atoms with Crippen molar-refractivity contribution in [3.63, 3.8) is 0 Å². The third kappa shape index (κ3) is 5.69. The van der Waals surface area contributed by atoms with Gasteiger partial charge in [0.05, 0.1) is 25.1 Å². The summed E-state index contributed by atoms with van der Waals surface area (Å²) in [5, 5.41) is 6.02. The summed E-state index contributed by atoms with van der Waals surface area (Å²) in [5.41, 5.74) is 11.2. The lowest BCUT2D eigenvalue weighted by molar-refractivity contribution is -0.122. The van der Waals surface area contributed by atoms with E-state index in [1.54, 1.807) is 24.5 Å². The van der Waals surface area contributed by atoms with Crippen LogP contribution in [-0.4, -0.2) is 50.4 Å². The molecule has 4 aromatic rings. The zero-order valence-electron chi connectivity index (χ0n) is 23.0. The summed E-state index contributed by atoms with van der Waals surface area (Å²) < 4.78 is 7.75. The van der Waals surface area contributed by atoms with Gasteiger partial charge in [-0.1, -0.05) is 18.2 Å². The first-order chi connectivity index (χ1) is 20.0. The molecular formula is C31H33N7O3. The van der Waals surface area contributed by atoms with Gasteiger partial charge in [-0.05, 0) is 68.5 Å². The molecule has 210 valence electrons. The molecule has 2 atom stereocenters. The van der Waals surface area contributed by atoms with Crippen LogP contribution in [0.1, 0.15) is 65.5 Å². The number of carbonyl (C=O) groups is 2. The van der Waals surface area contributed by atoms with Crippen molar-refractivity contribution >= 4 is 35.0 Å². The van der Waals surface area contributed by atoms with Gasteiger partial charge in [0.2, 0.25) is 5.91 Å². The number of pyridine rings is 1. The molecule has 41 heavy (non-hydrogen) atoms. The first-order valence-electron chi connectivity index (χ1n) is 14.0. The van der Waals surface area contributed by atoms with Crippen molar-refractivity contribution in [2.45, 2.75) is 51.0 Å². The van der Waals surface area contributed by atoms with E-state index in [1.807, 2.05) is 43.3 Å². The number of amides is 2. The Labute approximate surface area is 238 Å². The molecular weight excluding hydrogens is 518 g/mol. The van der Waals surface area contributed by atoms with Gasteiger partial charge in [-0.3, -0.25) is 14.0 Å². The Morgan fingerprint density at radius 1 is 1.15 bits per heavy atom. The van der Waals surface area contributed by atoms with E-state index in [1.165, 1.54) is 0 Å². The Balaban J connectivity index is 1.37. The van der Waals surface area contributed by atoms with Crippen molar-refractivity contribution in [1.82, 2.24) is 24.7 Å². The highest BCUT2D eigenvalue weighted by Crippen LogP contribution is 2.39. The first kappa shape index (κ1) is 26.6. The number of hydrogen-bond acceptors (Lipinski definition) is 7. The van der Waals surface area contributed by atoms with E-state index in [2.05, 4.69) is 25.0 Å². The minimum atomic E-state index is -0.241. The average Bonchev–Trinajstić information content (AvgIpc) is 3.59. The fourth-order valence-corrected chi connectivity index (χ4v) is 5.62. The van der Waals surface area contributed by atoms with E-state index in [0.29, 0.717) is 48.9 Å². The molecule has 2 aliphatic rings. The van der Waals surface area contributed by atoms with Crippen LogP contribution in [-0.2, 0) is 9.53 Å². The number of nitrogen functional groups attached to an aromatic ring is 1. The number of rotatable bonds is 3. The van der Waals surface area contributed by atoms with Crippen molar-refractivity contribution in [3.05, 3.63) is 77.5 Å². The smallest absolute Gasteiger partial charge is 0.256 e. The Morgan fingerprint density at radius 2 is 2.00 bits per heavy atom. The Hall–Kier alpha value is -4.57. The maximum absolute atomic E-state index is 12.9. The van der Waals surface area contributed by atoms with Crippen LogP contribution in [0.5, 0.6) is 0 Å². The second kappa shape index (κ2) is 11.5. The minimum Gasteiger partial charge on any atom is -0.382 e. The van der Waals surface area contributed by atoms with Gasteiger partial charge in [-0.2, -0.15) is 0 Å². The second-order valence-electron chi connectivity index (χ2n) is 10.6. The number of hydrogen-bond donors (Lipinski definition) is 3. The van der Waals surface area contributed by atoms with Gasteiger partial charge in [-0.15, -0.1) is 0 Å². The number of anilines is 2. The van der Waals surface area contributed by atoms with Gasteiger partial charge in [0.15, 0.2) is 0 Å². The molecule has 1 fully saturated rings. The van der Waals surface area contributed by atoms with Crippen LogP contribution in [0.4, 0.5) is 11.6 Å². The number of nitrogens with two attached hydrogens (primary N) is 1. The van der Waals surface area contributed by atoms with Crippen molar-refractivity contribution in [2.75, 3.05) is 24.3 Å². The van der Waals surface area contributed by atoms with Gasteiger partial charge >= 0.3 is 0 Å². The molecule has 2 bridgehead atoms. The third-order valence-electron chi connectivity index (χ3n) is 7.67. The van der Waals surface area contributed by atoms with Crippen molar-refractivity contribution in [1.29, 1.82) is 0 Å². The van der Waals surface area contributed by atoms with E-state index in [-0.39, 0.29) is 23.8 Å². The fourth-order valence-electron chi connectivity index (χ4n) is 5.62. The molecule has 1 aromatic carbocycles. The van der Waals surface area contributed by atoms with Gasteiger partial charge in [0, 0.05) is 35.7 Å². The molecule has 10 nitrogen and oxygen atoms in total. The number of imidazole rings is 1. The maximum atomic E-state index is 12.9. The summed E-state index contributed by atoms with van der Waals surface area (Å²) in [7, 11) is 0. The molecule has 1 unspecified atom stereocenters. The third-order valence-corrected chi connectivity index (χ3v) is 7.67. The largest absolute Gasteiger partial charge is 0.382 e. The molecule has 3 aromatic heterocycles. The number of nitrogens with zero attached hydrogens (tertiary/aromatic N) is 4. The molecule has 4 heterocycles. The van der Waals surface area contributed by atoms with Crippen LogP contribution in [0.25, 0.3) is 22.9 Å². The number of benzene rings is 1. The number of carbonyl (C=O) groups excluding carboxylic acids is 2. The predicted octanol–water partition coefficient (Wildman–Crippen LogP) is 4.51. The van der Waals surface area contributed by atoms with E-state index in [4.69, 9.17) is 15.5 Å². The molecule has 10 heteroatoms. The molecule has 2 amide bonds. The van der Waals surface area contributed by atoms with Crippen LogP contribution in [0.2, 0.25) is 0 Å². The molecule has 1 aliphatic heterocycles. The lowest BCUT2D eigenvalue weighted by Crippen LogP contribution is -2.33. The normalized spacial score (nSPS) is 20.2. The Bertz CT molecular complexity index is 1630. The van der Waals surface area contributed by atoms with Gasteiger partial charge in [0.1, 0.15) is 28.7 Å². The van der Waals surface area contributed by atoms with E-state index in [9.17, 15) is 9.59 Å². The maximum Gasteiger partial charge on any atom is 0.256 e. The highest BCUT2D eigenvalue weighted by Gasteiger charge is 2.32. The van der Waals surface area contributed by atoms with Crippen LogP contribution >= 0.6 is 0 Å². The molecule has 6 rings (SSSR count). The van der Waals surface area contributed by atoms with Crippen LogP contribution < -0.4 is 16.4 Å². The number of nitrogens with one attached hydrogen (secondary N) is 2. The van der Waals surface area contributed by atoms with Gasteiger partial charge < -0.3 is 21.1 Å². The number of aryl methyl sites for hydroxylation is 1. The predicted molar refractivity (Wildman–Crippen MR) is 157 cm³/mol. The topological polar surface area (TPSA) is 137 Å². The van der Waals surface area contributed by atoms with E-state index < -0.39 is 0 Å². The molecule has 1 aliphatic carbocycles. The average molecular weight is 552 g/mol. The molecule has 4 N–H and O–H groups in total. The standard InChI is InChI=1S/C31H33N7O3/c1-19-11-13-33-25(16-19)36-31(40)21-7-5-20(6-8-21)27-28-29(32)34-18-24-4-2-3-14-41-15-12-26(39)35-23-10-9-22(17-23)30(37-27)38(24)28/h2,4-8,11,13,16,18,22-23H,3,9-10,12,14-15,17H2,1H3,(H2,32,34)(H,35,39)(H,33,36,40)/b4-2+/t22-,23?/m1/s1. The molecule has 0 radical (unpaired) electrons. The van der Waals surface area contributed by atoms with Crippen molar-refractivity contribution < 1.29 is 14.3 Å². The highest BCUT2D eigenvalue weighted by molar-refractivity contribution is 6.04. The van der Waals surface area contributed by atoms with Crippen molar-refractivity contribution in [2.24, 2.45) is 0 Å². The Morgan fingerprint density at radius 3 is 2.83 bits per heavy atom. The van der Waals surface area contributed by atoms with E-state index >= 15 is 0 Å². The lowest BCUT2D eigenvalue weighted by atomic mass is 10.1. The number of ether oxygens (including phenoxy) is 1. The first-order valence-corrected chi connectivity index (χ1v) is 14.0. The molecule has 1 saturated carbocycles. The summed E-state index contributed by atoms with van der Waals surface area (Å²) in [6, 6.07) is 11.1. The van der Waals surface area contributed by atoms with Gasteiger partial charge in [0.25, 0.3) is 5.91 Å². The highest BCUT2D eigenvalue weighted by atomic mass is 16.5. The summed E-state index contributed by atoms with van der Waals surface area (Å²) in [5.74, 6) is 1.71. The monoisotopic (exact) mass is 551 g/mol. The summed E-state index contributed by atoms with van der Waals surface area (Å²) >= 11 is 0. The summed E-state index contributed by atoms with van der Waals surface area (Å²) in [6.45, 7) is 2.89. The number of aromatic nitrogens is 4. The second-order valence-corrected chi connectivity index (χ2v) is 10.6. The molecule has 0 spiro atoms. The van der Waals surface area contributed by atoms with Crippen LogP contribution in [0.3, 0.4) is 0 Å².